The summed E-state index contributed by atoms with van der Waals surface area (Å²) in [6.07, 6.45) is 3.92. The number of ether oxygens (including phenoxy) is 1. The van der Waals surface area contributed by atoms with Gasteiger partial charge in [0.2, 0.25) is 4.77 Å². The van der Waals surface area contributed by atoms with E-state index in [9.17, 15) is 9.18 Å². The van der Waals surface area contributed by atoms with Gasteiger partial charge < -0.3 is 9.64 Å². The molecule has 1 aromatic heterocycles. The highest BCUT2D eigenvalue weighted by molar-refractivity contribution is 7.71. The maximum atomic E-state index is 14.4. The Hall–Kier alpha value is -2.06. The summed E-state index contributed by atoms with van der Waals surface area (Å²) in [5.41, 5.74) is 0.484. The quantitative estimate of drug-likeness (QED) is 0.592. The number of hydrogen-bond donors (Lipinski definition) is 1. The van der Waals surface area contributed by atoms with Crippen molar-refractivity contribution in [1.29, 1.82) is 0 Å². The van der Waals surface area contributed by atoms with E-state index < -0.39 is 0 Å². The molecule has 2 aromatic rings. The molecule has 150 valence electrons. The second-order valence-electron chi connectivity index (χ2n) is 7.64. The minimum Gasteiger partial charge on any atom is -0.466 e. The van der Waals surface area contributed by atoms with Gasteiger partial charge in [0.05, 0.1) is 25.3 Å². The Bertz CT molecular complexity index is 921. The third-order valence-electron chi connectivity index (χ3n) is 5.51. The molecule has 8 heteroatoms. The molecule has 2 fully saturated rings. The molecule has 2 atom stereocenters. The minimum absolute atomic E-state index is 0.0746. The van der Waals surface area contributed by atoms with Gasteiger partial charge in [0.1, 0.15) is 11.7 Å². The van der Waals surface area contributed by atoms with Crippen molar-refractivity contribution in [3.8, 4) is 11.4 Å². The maximum absolute atomic E-state index is 14.4. The largest absolute Gasteiger partial charge is 0.466 e. The third-order valence-corrected chi connectivity index (χ3v) is 5.92. The zero-order valence-electron chi connectivity index (χ0n) is 16.1. The average Bonchev–Trinajstić information content (AvgIpc) is 3.48. The van der Waals surface area contributed by atoms with E-state index in [2.05, 4.69) is 0 Å². The van der Waals surface area contributed by atoms with Gasteiger partial charge in [-0.3, -0.25) is 9.36 Å². The molecular formula is C20H26FN4O2S+. The Morgan fingerprint density at radius 3 is 2.86 bits per heavy atom. The van der Waals surface area contributed by atoms with Gasteiger partial charge in [-0.1, -0.05) is 12.1 Å². The fraction of sp³-hybridized carbons (Fsp3) is 0.550. The average molecular weight is 406 g/mol. The molecule has 0 amide bonds. The molecule has 0 radical (unpaired) electrons. The van der Waals surface area contributed by atoms with Gasteiger partial charge in [0, 0.05) is 6.04 Å². The summed E-state index contributed by atoms with van der Waals surface area (Å²) in [7, 11) is 0. The number of nitrogens with zero attached hydrogens (tertiary/aromatic N) is 3. The number of esters is 1. The summed E-state index contributed by atoms with van der Waals surface area (Å²) in [4.78, 5) is 13.4. The monoisotopic (exact) mass is 405 g/mol. The van der Waals surface area contributed by atoms with Gasteiger partial charge >= 0.3 is 5.97 Å². The topological polar surface area (TPSA) is 53.5 Å². The van der Waals surface area contributed by atoms with Gasteiger partial charge in [0.25, 0.3) is 0 Å². The van der Waals surface area contributed by atoms with E-state index in [1.807, 2.05) is 17.6 Å². The van der Waals surface area contributed by atoms with Gasteiger partial charge in [-0.15, -0.1) is 5.10 Å². The molecule has 1 aromatic carbocycles. The molecule has 1 N–H and O–H groups in total. The van der Waals surface area contributed by atoms with Crippen LogP contribution >= 0.6 is 12.2 Å². The zero-order chi connectivity index (χ0) is 19.7. The molecule has 28 heavy (non-hydrogen) atoms. The summed E-state index contributed by atoms with van der Waals surface area (Å²) in [6.45, 7) is 4.50. The first-order valence-electron chi connectivity index (χ1n) is 10.0. The highest BCUT2D eigenvalue weighted by Crippen LogP contribution is 2.38. The molecular weight excluding hydrogens is 379 g/mol. The minimum atomic E-state index is -0.288. The van der Waals surface area contributed by atoms with Crippen LogP contribution in [0.1, 0.15) is 38.6 Å². The highest BCUT2D eigenvalue weighted by Gasteiger charge is 2.33. The maximum Gasteiger partial charge on any atom is 0.314 e. The molecule has 0 spiro atoms. The van der Waals surface area contributed by atoms with E-state index in [0.717, 1.165) is 32.2 Å². The van der Waals surface area contributed by atoms with E-state index in [0.29, 0.717) is 42.0 Å². The lowest BCUT2D eigenvalue weighted by atomic mass is 9.99. The summed E-state index contributed by atoms with van der Waals surface area (Å²) in [5.74, 6) is 0.126. The van der Waals surface area contributed by atoms with Crippen molar-refractivity contribution in [2.24, 2.45) is 5.92 Å². The van der Waals surface area contributed by atoms with Crippen LogP contribution in [0.15, 0.2) is 24.3 Å². The second kappa shape index (κ2) is 8.13. The molecule has 2 aliphatic rings. The number of carbonyl (C=O) groups is 1. The number of piperidine rings is 1. The smallest absolute Gasteiger partial charge is 0.314 e. The predicted molar refractivity (Wildman–Crippen MR) is 105 cm³/mol. The fourth-order valence-electron chi connectivity index (χ4n) is 3.98. The van der Waals surface area contributed by atoms with E-state index in [-0.39, 0.29) is 17.7 Å². The van der Waals surface area contributed by atoms with Crippen LogP contribution in [0.5, 0.6) is 0 Å². The highest BCUT2D eigenvalue weighted by atomic mass is 32.1. The molecule has 1 aliphatic heterocycles. The molecule has 2 heterocycles. The lowest BCUT2D eigenvalue weighted by molar-refractivity contribution is -0.930. The van der Waals surface area contributed by atoms with Crippen molar-refractivity contribution in [1.82, 2.24) is 14.3 Å². The number of halogens is 1. The number of likely N-dealkylation sites (tertiary alicyclic amines) is 1. The molecule has 1 saturated heterocycles. The normalized spacial score (nSPS) is 22.2. The number of carbonyl (C=O) groups excluding carboxylic acids is 1. The lowest BCUT2D eigenvalue weighted by Crippen LogP contribution is -3.13. The number of rotatable bonds is 6. The van der Waals surface area contributed by atoms with Crippen LogP contribution in [0.4, 0.5) is 4.39 Å². The predicted octanol–water partition coefficient (Wildman–Crippen LogP) is 2.37. The second-order valence-corrected chi connectivity index (χ2v) is 8.01. The Balaban J connectivity index is 1.59. The van der Waals surface area contributed by atoms with Crippen molar-refractivity contribution < 1.29 is 18.8 Å². The molecule has 4 rings (SSSR count). The van der Waals surface area contributed by atoms with Crippen LogP contribution in [0.3, 0.4) is 0 Å². The Morgan fingerprint density at radius 1 is 1.36 bits per heavy atom. The number of quaternary nitrogens is 1. The Morgan fingerprint density at radius 2 is 2.14 bits per heavy atom. The Labute approximate surface area is 168 Å². The molecule has 6 nitrogen and oxygen atoms in total. The van der Waals surface area contributed by atoms with Crippen molar-refractivity contribution in [3.05, 3.63) is 34.9 Å². The number of aromatic nitrogens is 3. The SMILES string of the molecule is CCOC(=O)[C@H]1CCC[NH+](Cn2nc(-c3ccccc3F)n(C3CC3)c2=S)C1. The third kappa shape index (κ3) is 3.89. The van der Waals surface area contributed by atoms with Crippen LogP contribution in [0, 0.1) is 16.5 Å². The Kier molecular flexibility index (Phi) is 5.59. The molecule has 1 unspecified atom stereocenters. The van der Waals surface area contributed by atoms with Gasteiger partial charge in [-0.05, 0) is 57.0 Å². The lowest BCUT2D eigenvalue weighted by Gasteiger charge is -2.28. The van der Waals surface area contributed by atoms with Crippen LogP contribution in [-0.2, 0) is 16.2 Å². The van der Waals surface area contributed by atoms with Crippen molar-refractivity contribution in [2.75, 3.05) is 19.7 Å². The fourth-order valence-corrected chi connectivity index (χ4v) is 4.32. The van der Waals surface area contributed by atoms with Crippen LogP contribution in [0.25, 0.3) is 11.4 Å². The first kappa shape index (κ1) is 19.3. The van der Waals surface area contributed by atoms with Crippen LogP contribution in [-0.4, -0.2) is 40.0 Å². The van der Waals surface area contributed by atoms with E-state index >= 15 is 0 Å². The number of benzene rings is 1. The standard InChI is InChI=1S/C20H25FN4O2S/c1-2-27-19(26)14-6-5-11-23(12-14)13-24-20(28)25(15-9-10-15)18(22-24)16-7-3-4-8-17(16)21/h3-4,7-8,14-15H,2,5-6,9-13H2,1H3/p+1/t14-/m0/s1. The summed E-state index contributed by atoms with van der Waals surface area (Å²) in [5, 5.41) is 4.70. The van der Waals surface area contributed by atoms with Crippen LogP contribution < -0.4 is 4.90 Å². The van der Waals surface area contributed by atoms with Gasteiger partial charge in [-0.2, -0.15) is 4.68 Å². The summed E-state index contributed by atoms with van der Waals surface area (Å²) in [6, 6.07) is 7.00. The zero-order valence-corrected chi connectivity index (χ0v) is 16.9. The molecule has 0 bridgehead atoms. The summed E-state index contributed by atoms with van der Waals surface area (Å²) < 4.78 is 24.0. The van der Waals surface area contributed by atoms with Crippen molar-refractivity contribution in [2.45, 2.75) is 45.3 Å². The number of hydrogen-bond acceptors (Lipinski definition) is 4. The van der Waals surface area contributed by atoms with E-state index in [1.54, 1.807) is 16.8 Å². The first-order chi connectivity index (χ1) is 13.6. The molecule has 1 aliphatic carbocycles. The van der Waals surface area contributed by atoms with Crippen molar-refractivity contribution in [3.63, 3.8) is 0 Å². The van der Waals surface area contributed by atoms with E-state index in [4.69, 9.17) is 22.1 Å². The van der Waals surface area contributed by atoms with E-state index in [1.165, 1.54) is 11.0 Å². The van der Waals surface area contributed by atoms with Gasteiger partial charge in [-0.25, -0.2) is 4.39 Å². The van der Waals surface area contributed by atoms with Crippen molar-refractivity contribution >= 4 is 18.2 Å². The molecule has 1 saturated carbocycles. The first-order valence-corrected chi connectivity index (χ1v) is 10.4. The number of nitrogens with one attached hydrogen (secondary N) is 1. The van der Waals surface area contributed by atoms with Crippen LogP contribution in [0.2, 0.25) is 0 Å². The summed E-state index contributed by atoms with van der Waals surface area (Å²) >= 11 is 5.70. The van der Waals surface area contributed by atoms with Gasteiger partial charge in [0.15, 0.2) is 12.5 Å².